The number of nitrogens with two attached hydrogens (primary N) is 1. The first-order valence-corrected chi connectivity index (χ1v) is 3.73. The van der Waals surface area contributed by atoms with E-state index in [1.165, 1.54) is 0 Å². The average Bonchev–Trinajstić information content (AvgIpc) is 2.01. The number of alkyl halides is 3. The van der Waals surface area contributed by atoms with Crippen molar-refractivity contribution in [3.8, 4) is 0 Å². The van der Waals surface area contributed by atoms with Crippen LogP contribution in [0.4, 0.5) is 13.2 Å². The Morgan fingerprint density at radius 2 is 2.07 bits per heavy atom. The summed E-state index contributed by atoms with van der Waals surface area (Å²) in [6, 6.07) is 0.941. The number of amides is 1. The highest BCUT2D eigenvalue weighted by Gasteiger charge is 2.38. The number of pyridine rings is 1. The van der Waals surface area contributed by atoms with Crippen molar-refractivity contribution >= 4 is 17.5 Å². The van der Waals surface area contributed by atoms with Gasteiger partial charge >= 0.3 is 6.18 Å². The van der Waals surface area contributed by atoms with Gasteiger partial charge in [-0.3, -0.25) is 9.78 Å². The quantitative estimate of drug-likeness (QED) is 0.792. The van der Waals surface area contributed by atoms with Gasteiger partial charge in [0, 0.05) is 6.20 Å². The summed E-state index contributed by atoms with van der Waals surface area (Å²) in [5.74, 6) is -1.26. The van der Waals surface area contributed by atoms with Gasteiger partial charge in [-0.2, -0.15) is 13.2 Å². The van der Waals surface area contributed by atoms with Crippen LogP contribution in [0.1, 0.15) is 16.1 Å². The second-order valence-corrected chi connectivity index (χ2v) is 2.79. The summed E-state index contributed by atoms with van der Waals surface area (Å²) in [5, 5.41) is -0.596. The van der Waals surface area contributed by atoms with E-state index in [-0.39, 0.29) is 0 Å². The summed E-state index contributed by atoms with van der Waals surface area (Å²) in [6.07, 6.45) is -3.76. The van der Waals surface area contributed by atoms with Gasteiger partial charge in [0.15, 0.2) is 0 Å². The Kier molecular flexibility index (Phi) is 2.66. The van der Waals surface area contributed by atoms with Crippen LogP contribution >= 0.6 is 11.6 Å². The highest BCUT2D eigenvalue weighted by atomic mass is 35.5. The standard InChI is InChI=1S/C7H4ClF3N2O/c8-3-1-2-13-5(6(12)14)4(3)7(9,10)11/h1-2H,(H2,12,14). The van der Waals surface area contributed by atoms with Crippen molar-refractivity contribution in [1.82, 2.24) is 4.98 Å². The molecule has 0 saturated heterocycles. The number of hydrogen-bond donors (Lipinski definition) is 1. The SMILES string of the molecule is NC(=O)c1nccc(Cl)c1C(F)(F)F. The highest BCUT2D eigenvalue weighted by Crippen LogP contribution is 2.35. The van der Waals surface area contributed by atoms with Crippen LogP contribution in [0.25, 0.3) is 0 Å². The largest absolute Gasteiger partial charge is 0.420 e. The van der Waals surface area contributed by atoms with E-state index in [1.54, 1.807) is 0 Å². The van der Waals surface area contributed by atoms with Crippen LogP contribution in [0.15, 0.2) is 12.3 Å². The molecule has 1 amide bonds. The number of halogens is 4. The molecule has 2 N–H and O–H groups in total. The number of nitrogens with zero attached hydrogens (tertiary/aromatic N) is 1. The van der Waals surface area contributed by atoms with E-state index < -0.39 is 28.4 Å². The minimum Gasteiger partial charge on any atom is -0.364 e. The molecule has 0 radical (unpaired) electrons. The Morgan fingerprint density at radius 3 is 2.43 bits per heavy atom. The lowest BCUT2D eigenvalue weighted by Gasteiger charge is -2.10. The molecule has 0 fully saturated rings. The zero-order valence-electron chi connectivity index (χ0n) is 6.60. The molecule has 14 heavy (non-hydrogen) atoms. The fraction of sp³-hybridized carbons (Fsp3) is 0.143. The smallest absolute Gasteiger partial charge is 0.364 e. The fourth-order valence-corrected chi connectivity index (χ4v) is 1.15. The lowest BCUT2D eigenvalue weighted by molar-refractivity contribution is -0.138. The van der Waals surface area contributed by atoms with Crippen LogP contribution in [0.3, 0.4) is 0 Å². The van der Waals surface area contributed by atoms with E-state index >= 15 is 0 Å². The molecule has 0 aromatic carbocycles. The molecule has 0 spiro atoms. The summed E-state index contributed by atoms with van der Waals surface area (Å²) in [7, 11) is 0. The number of carbonyl (C=O) groups is 1. The number of carbonyl (C=O) groups excluding carboxylic acids is 1. The molecular weight excluding hydrogens is 221 g/mol. The van der Waals surface area contributed by atoms with Crippen LogP contribution in [-0.4, -0.2) is 10.9 Å². The van der Waals surface area contributed by atoms with Gasteiger partial charge < -0.3 is 5.73 Å². The zero-order valence-corrected chi connectivity index (χ0v) is 7.36. The van der Waals surface area contributed by atoms with E-state index in [0.717, 1.165) is 12.3 Å². The molecule has 1 heterocycles. The molecule has 0 aliphatic rings. The molecule has 0 aliphatic heterocycles. The highest BCUT2D eigenvalue weighted by molar-refractivity contribution is 6.31. The van der Waals surface area contributed by atoms with Crippen molar-refractivity contribution in [3.63, 3.8) is 0 Å². The van der Waals surface area contributed by atoms with E-state index in [2.05, 4.69) is 4.98 Å². The van der Waals surface area contributed by atoms with Crippen molar-refractivity contribution in [3.05, 3.63) is 28.5 Å². The van der Waals surface area contributed by atoms with Gasteiger partial charge in [-0.05, 0) is 6.07 Å². The molecule has 0 saturated carbocycles. The van der Waals surface area contributed by atoms with E-state index in [0.29, 0.717) is 0 Å². The molecule has 0 unspecified atom stereocenters. The van der Waals surface area contributed by atoms with E-state index in [1.807, 2.05) is 0 Å². The normalized spacial score (nSPS) is 11.4. The molecule has 0 bridgehead atoms. The summed E-state index contributed by atoms with van der Waals surface area (Å²) >= 11 is 5.29. The summed E-state index contributed by atoms with van der Waals surface area (Å²) in [5.41, 5.74) is 2.55. The summed E-state index contributed by atoms with van der Waals surface area (Å²) in [4.78, 5) is 13.8. The number of hydrogen-bond acceptors (Lipinski definition) is 2. The van der Waals surface area contributed by atoms with Crippen LogP contribution in [-0.2, 0) is 6.18 Å². The molecule has 0 aliphatic carbocycles. The second-order valence-electron chi connectivity index (χ2n) is 2.38. The van der Waals surface area contributed by atoms with Gasteiger partial charge in [0.05, 0.1) is 5.02 Å². The first-order valence-electron chi connectivity index (χ1n) is 3.35. The van der Waals surface area contributed by atoms with Gasteiger partial charge in [0.1, 0.15) is 11.3 Å². The molecule has 3 nitrogen and oxygen atoms in total. The third-order valence-electron chi connectivity index (χ3n) is 1.42. The second kappa shape index (κ2) is 3.45. The Bertz CT molecular complexity index is 378. The Labute approximate surface area is 81.7 Å². The van der Waals surface area contributed by atoms with Gasteiger partial charge in [-0.25, -0.2) is 0 Å². The van der Waals surface area contributed by atoms with Crippen molar-refractivity contribution in [1.29, 1.82) is 0 Å². The average molecular weight is 225 g/mol. The number of rotatable bonds is 1. The van der Waals surface area contributed by atoms with Gasteiger partial charge in [0.2, 0.25) is 0 Å². The maximum atomic E-state index is 12.3. The number of primary amides is 1. The van der Waals surface area contributed by atoms with Crippen LogP contribution < -0.4 is 5.73 Å². The predicted molar refractivity (Wildman–Crippen MR) is 42.8 cm³/mol. The van der Waals surface area contributed by atoms with Crippen molar-refractivity contribution in [2.45, 2.75) is 6.18 Å². The number of aromatic nitrogens is 1. The van der Waals surface area contributed by atoms with E-state index in [9.17, 15) is 18.0 Å². The third kappa shape index (κ3) is 1.95. The molecule has 0 atom stereocenters. The first kappa shape index (κ1) is 10.8. The van der Waals surface area contributed by atoms with Crippen molar-refractivity contribution in [2.24, 2.45) is 5.73 Å². The van der Waals surface area contributed by atoms with Crippen LogP contribution in [0.5, 0.6) is 0 Å². The maximum Gasteiger partial charge on any atom is 0.420 e. The Hall–Kier alpha value is -1.30. The van der Waals surface area contributed by atoms with Crippen LogP contribution in [0, 0.1) is 0 Å². The molecule has 1 rings (SSSR count). The predicted octanol–water partition coefficient (Wildman–Crippen LogP) is 1.85. The zero-order chi connectivity index (χ0) is 10.9. The molecule has 7 heteroatoms. The van der Waals surface area contributed by atoms with Gasteiger partial charge in [0.25, 0.3) is 5.91 Å². The monoisotopic (exact) mass is 224 g/mol. The lowest BCUT2D eigenvalue weighted by atomic mass is 10.2. The molecule has 76 valence electrons. The molecule has 1 aromatic rings. The first-order chi connectivity index (χ1) is 6.34. The molecular formula is C7H4ClF3N2O. The summed E-state index contributed by atoms with van der Waals surface area (Å²) in [6.45, 7) is 0. The van der Waals surface area contributed by atoms with E-state index in [4.69, 9.17) is 17.3 Å². The van der Waals surface area contributed by atoms with Crippen LogP contribution in [0.2, 0.25) is 5.02 Å². The minimum absolute atomic E-state index is 0.596. The Balaban J connectivity index is 3.45. The molecule has 1 aromatic heterocycles. The van der Waals surface area contributed by atoms with Crippen molar-refractivity contribution < 1.29 is 18.0 Å². The van der Waals surface area contributed by atoms with Gasteiger partial charge in [-0.1, -0.05) is 11.6 Å². The lowest BCUT2D eigenvalue weighted by Crippen LogP contribution is -2.20. The summed E-state index contributed by atoms with van der Waals surface area (Å²) < 4.78 is 37.0. The third-order valence-corrected chi connectivity index (χ3v) is 1.73. The minimum atomic E-state index is -4.74. The Morgan fingerprint density at radius 1 is 1.50 bits per heavy atom. The van der Waals surface area contributed by atoms with Gasteiger partial charge in [-0.15, -0.1) is 0 Å². The topological polar surface area (TPSA) is 56.0 Å². The maximum absolute atomic E-state index is 12.3. The fourth-order valence-electron chi connectivity index (χ4n) is 0.895. The van der Waals surface area contributed by atoms with Crippen molar-refractivity contribution in [2.75, 3.05) is 0 Å².